The third kappa shape index (κ3) is 3.28. The molecule has 1 rings (SSSR count). The quantitative estimate of drug-likeness (QED) is 0.513. The van der Waals surface area contributed by atoms with Crippen LogP contribution in [-0.4, -0.2) is 12.8 Å². The molecule has 0 aliphatic rings. The van der Waals surface area contributed by atoms with Gasteiger partial charge in [0.1, 0.15) is 7.11 Å². The first-order valence-electron chi connectivity index (χ1n) is 4.34. The fourth-order valence-electron chi connectivity index (χ4n) is 1.31. The summed E-state index contributed by atoms with van der Waals surface area (Å²) in [6, 6.07) is 8.41. The zero-order valence-electron chi connectivity index (χ0n) is 8.37. The summed E-state index contributed by atoms with van der Waals surface area (Å²) in [6.45, 7) is 4.05. The van der Waals surface area contributed by atoms with Gasteiger partial charge in [-0.1, -0.05) is 35.0 Å². The average Bonchev–Trinajstić information content (AvgIpc) is 2.04. The lowest BCUT2D eigenvalue weighted by Crippen LogP contribution is -1.98. The molecule has 0 radical (unpaired) electrons. The Hall–Kier alpha value is -1.31. The highest BCUT2D eigenvalue weighted by atomic mass is 16.6. The van der Waals surface area contributed by atoms with Crippen LogP contribution in [0.15, 0.2) is 29.4 Å². The summed E-state index contributed by atoms with van der Waals surface area (Å²) in [5.74, 6) is 0. The van der Waals surface area contributed by atoms with Crippen LogP contribution in [0.1, 0.15) is 18.1 Å². The van der Waals surface area contributed by atoms with Gasteiger partial charge < -0.3 is 4.84 Å². The minimum atomic E-state index is 0.857. The topological polar surface area (TPSA) is 21.6 Å². The molecular weight excluding hydrogens is 162 g/mol. The molecule has 0 saturated carbocycles. The fraction of sp³-hybridized carbons (Fsp3) is 0.364. The lowest BCUT2D eigenvalue weighted by atomic mass is 10.1. The minimum absolute atomic E-state index is 0.857. The van der Waals surface area contributed by atoms with Crippen LogP contribution in [0.2, 0.25) is 0 Å². The van der Waals surface area contributed by atoms with E-state index in [1.165, 1.54) is 11.1 Å². The summed E-state index contributed by atoms with van der Waals surface area (Å²) < 4.78 is 0. The van der Waals surface area contributed by atoms with Gasteiger partial charge in [-0.2, -0.15) is 0 Å². The molecule has 0 heterocycles. The molecule has 0 atom stereocenters. The van der Waals surface area contributed by atoms with Crippen molar-refractivity contribution < 1.29 is 4.84 Å². The molecule has 0 fully saturated rings. The number of oxime groups is 1. The zero-order valence-corrected chi connectivity index (χ0v) is 8.37. The van der Waals surface area contributed by atoms with Crippen LogP contribution in [0.25, 0.3) is 0 Å². The van der Waals surface area contributed by atoms with Gasteiger partial charge in [-0.3, -0.25) is 0 Å². The van der Waals surface area contributed by atoms with Crippen molar-refractivity contribution in [3.63, 3.8) is 0 Å². The molecule has 0 bridgehead atoms. The van der Waals surface area contributed by atoms with Crippen LogP contribution in [0.3, 0.4) is 0 Å². The van der Waals surface area contributed by atoms with E-state index < -0.39 is 0 Å². The Morgan fingerprint density at radius 3 is 2.85 bits per heavy atom. The molecule has 0 amide bonds. The summed E-state index contributed by atoms with van der Waals surface area (Å²) in [7, 11) is 1.57. The van der Waals surface area contributed by atoms with Gasteiger partial charge in [0.2, 0.25) is 0 Å². The summed E-state index contributed by atoms with van der Waals surface area (Å²) in [5.41, 5.74) is 3.55. The number of aryl methyl sites for hydroxylation is 1. The van der Waals surface area contributed by atoms with Gasteiger partial charge in [0.15, 0.2) is 0 Å². The van der Waals surface area contributed by atoms with Crippen molar-refractivity contribution in [2.45, 2.75) is 20.3 Å². The first kappa shape index (κ1) is 9.78. The fourth-order valence-corrected chi connectivity index (χ4v) is 1.31. The lowest BCUT2D eigenvalue weighted by Gasteiger charge is -2.01. The minimum Gasteiger partial charge on any atom is -0.399 e. The molecule has 0 saturated heterocycles. The smallest absolute Gasteiger partial charge is 0.106 e. The molecule has 0 unspecified atom stereocenters. The predicted octanol–water partition coefficient (Wildman–Crippen LogP) is 2.56. The molecule has 0 N–H and O–H groups in total. The first-order chi connectivity index (χ1) is 6.22. The Morgan fingerprint density at radius 2 is 2.23 bits per heavy atom. The van der Waals surface area contributed by atoms with Crippen molar-refractivity contribution >= 4 is 5.71 Å². The van der Waals surface area contributed by atoms with Gasteiger partial charge in [0.25, 0.3) is 0 Å². The highest BCUT2D eigenvalue weighted by Crippen LogP contribution is 2.05. The van der Waals surface area contributed by atoms with E-state index in [9.17, 15) is 0 Å². The molecule has 1 aromatic rings. The Kier molecular flexibility index (Phi) is 3.50. The van der Waals surface area contributed by atoms with Crippen LogP contribution < -0.4 is 0 Å². The van der Waals surface area contributed by atoms with Gasteiger partial charge in [-0.05, 0) is 19.4 Å². The van der Waals surface area contributed by atoms with Crippen molar-refractivity contribution in [2.75, 3.05) is 7.11 Å². The Labute approximate surface area is 79.2 Å². The van der Waals surface area contributed by atoms with E-state index in [0.717, 1.165) is 12.1 Å². The van der Waals surface area contributed by atoms with Crippen molar-refractivity contribution in [2.24, 2.45) is 5.16 Å². The predicted molar refractivity (Wildman–Crippen MR) is 55.0 cm³/mol. The summed E-state index contributed by atoms with van der Waals surface area (Å²) in [4.78, 5) is 4.69. The summed E-state index contributed by atoms with van der Waals surface area (Å²) >= 11 is 0. The van der Waals surface area contributed by atoms with Crippen molar-refractivity contribution in [1.29, 1.82) is 0 Å². The second-order valence-electron chi connectivity index (χ2n) is 3.17. The second kappa shape index (κ2) is 4.65. The van der Waals surface area contributed by atoms with Crippen molar-refractivity contribution in [3.8, 4) is 0 Å². The van der Waals surface area contributed by atoms with Crippen molar-refractivity contribution in [1.82, 2.24) is 0 Å². The maximum absolute atomic E-state index is 4.69. The average molecular weight is 177 g/mol. The summed E-state index contributed by atoms with van der Waals surface area (Å²) in [5, 5.41) is 3.87. The number of hydrogen-bond donors (Lipinski definition) is 0. The Morgan fingerprint density at radius 1 is 1.46 bits per heavy atom. The molecule has 0 aliphatic carbocycles. The standard InChI is InChI=1S/C11H15NO/c1-9-5-4-6-11(7-9)8-10(2)12-13-3/h4-7H,8H2,1-3H3/b12-10+. The first-order valence-corrected chi connectivity index (χ1v) is 4.34. The van der Waals surface area contributed by atoms with Crippen LogP contribution in [0.5, 0.6) is 0 Å². The van der Waals surface area contributed by atoms with Crippen molar-refractivity contribution in [3.05, 3.63) is 35.4 Å². The molecule has 2 nitrogen and oxygen atoms in total. The third-order valence-corrected chi connectivity index (χ3v) is 1.79. The van der Waals surface area contributed by atoms with E-state index in [1.54, 1.807) is 7.11 Å². The van der Waals surface area contributed by atoms with Crippen LogP contribution in [0, 0.1) is 6.92 Å². The second-order valence-corrected chi connectivity index (χ2v) is 3.17. The molecule has 13 heavy (non-hydrogen) atoms. The summed E-state index contributed by atoms with van der Waals surface area (Å²) in [6.07, 6.45) is 0.857. The van der Waals surface area contributed by atoms with Gasteiger partial charge in [0.05, 0.1) is 5.71 Å². The highest BCUT2D eigenvalue weighted by Gasteiger charge is 1.96. The van der Waals surface area contributed by atoms with Gasteiger partial charge in [0, 0.05) is 6.42 Å². The molecule has 2 heteroatoms. The molecular formula is C11H15NO. The maximum atomic E-state index is 4.69. The van der Waals surface area contributed by atoms with Gasteiger partial charge >= 0.3 is 0 Å². The van der Waals surface area contributed by atoms with Gasteiger partial charge in [-0.25, -0.2) is 0 Å². The van der Waals surface area contributed by atoms with Crippen LogP contribution in [-0.2, 0) is 11.3 Å². The van der Waals surface area contributed by atoms with E-state index in [0.29, 0.717) is 0 Å². The zero-order chi connectivity index (χ0) is 9.68. The molecule has 0 aromatic heterocycles. The van der Waals surface area contributed by atoms with Crippen LogP contribution >= 0.6 is 0 Å². The SMILES string of the molecule is CO/N=C(\C)Cc1cccc(C)c1. The lowest BCUT2D eigenvalue weighted by molar-refractivity contribution is 0.212. The maximum Gasteiger partial charge on any atom is 0.106 e. The van der Waals surface area contributed by atoms with E-state index in [1.807, 2.05) is 6.92 Å². The third-order valence-electron chi connectivity index (χ3n) is 1.79. The molecule has 0 aliphatic heterocycles. The van der Waals surface area contributed by atoms with E-state index in [-0.39, 0.29) is 0 Å². The normalized spacial score (nSPS) is 11.5. The molecule has 0 spiro atoms. The number of hydrogen-bond acceptors (Lipinski definition) is 2. The number of nitrogens with zero attached hydrogens (tertiary/aromatic N) is 1. The molecule has 1 aromatic carbocycles. The monoisotopic (exact) mass is 177 g/mol. The number of rotatable bonds is 3. The van der Waals surface area contributed by atoms with Crippen LogP contribution in [0.4, 0.5) is 0 Å². The van der Waals surface area contributed by atoms with E-state index in [4.69, 9.17) is 4.84 Å². The van der Waals surface area contributed by atoms with Gasteiger partial charge in [-0.15, -0.1) is 0 Å². The number of benzene rings is 1. The van der Waals surface area contributed by atoms with E-state index in [2.05, 4.69) is 36.3 Å². The van der Waals surface area contributed by atoms with E-state index >= 15 is 0 Å². The Balaban J connectivity index is 2.69. The molecule has 70 valence electrons. The largest absolute Gasteiger partial charge is 0.399 e. The Bertz CT molecular complexity index is 305. The highest BCUT2D eigenvalue weighted by molar-refractivity contribution is 5.83.